The summed E-state index contributed by atoms with van der Waals surface area (Å²) in [5.41, 5.74) is 6.18. The van der Waals surface area contributed by atoms with E-state index in [1.54, 1.807) is 0 Å². The van der Waals surface area contributed by atoms with Crippen LogP contribution in [0.25, 0.3) is 0 Å². The first kappa shape index (κ1) is 23.9. The van der Waals surface area contributed by atoms with Gasteiger partial charge in [0.1, 0.15) is 6.23 Å². The van der Waals surface area contributed by atoms with Crippen LogP contribution in [-0.4, -0.2) is 11.8 Å². The SMILES string of the molecule is CCCCCCCCC(C)(CCCCCCCC)OC(N)CCC. The number of unbranched alkanes of at least 4 members (excludes halogenated alkanes) is 10. The molecule has 0 aliphatic rings. The lowest BCUT2D eigenvalue weighted by Crippen LogP contribution is -2.38. The third-order valence-corrected chi connectivity index (χ3v) is 5.13. The predicted octanol–water partition coefficient (Wildman–Crippen LogP) is 7.35. The van der Waals surface area contributed by atoms with Gasteiger partial charge in [-0.3, -0.25) is 0 Å². The standard InChI is InChI=1S/C22H47NO/c1-5-8-10-12-14-16-19-22(4,24-21(23)18-7-3)20-17-15-13-11-9-6-2/h21H,5-20,23H2,1-4H3. The number of rotatable bonds is 18. The van der Waals surface area contributed by atoms with Crippen LogP contribution in [0.2, 0.25) is 0 Å². The summed E-state index contributed by atoms with van der Waals surface area (Å²) >= 11 is 0. The first-order valence-electron chi connectivity index (χ1n) is 11.0. The van der Waals surface area contributed by atoms with Gasteiger partial charge in [0.15, 0.2) is 0 Å². The molecule has 2 nitrogen and oxygen atoms in total. The largest absolute Gasteiger partial charge is 0.357 e. The second-order valence-corrected chi connectivity index (χ2v) is 7.93. The van der Waals surface area contributed by atoms with E-state index in [1.807, 2.05) is 0 Å². The van der Waals surface area contributed by atoms with E-state index in [9.17, 15) is 0 Å². The van der Waals surface area contributed by atoms with Crippen molar-refractivity contribution >= 4 is 0 Å². The molecule has 0 saturated heterocycles. The zero-order valence-corrected chi connectivity index (χ0v) is 17.4. The molecule has 2 heteroatoms. The third kappa shape index (κ3) is 14.3. The normalized spacial score (nSPS) is 13.4. The fraction of sp³-hybridized carbons (Fsp3) is 1.00. The summed E-state index contributed by atoms with van der Waals surface area (Å²) in [6.07, 6.45) is 20.5. The highest BCUT2D eigenvalue weighted by atomic mass is 16.5. The van der Waals surface area contributed by atoms with E-state index in [0.29, 0.717) is 0 Å². The average Bonchev–Trinajstić information content (AvgIpc) is 2.54. The van der Waals surface area contributed by atoms with Gasteiger partial charge in [-0.1, -0.05) is 104 Å². The first-order chi connectivity index (χ1) is 11.6. The predicted molar refractivity (Wildman–Crippen MR) is 108 cm³/mol. The van der Waals surface area contributed by atoms with Crippen molar-refractivity contribution in [2.24, 2.45) is 5.73 Å². The maximum atomic E-state index is 6.31. The van der Waals surface area contributed by atoms with Crippen LogP contribution in [0.15, 0.2) is 0 Å². The van der Waals surface area contributed by atoms with Crippen molar-refractivity contribution in [1.29, 1.82) is 0 Å². The minimum absolute atomic E-state index is 0.00982. The van der Waals surface area contributed by atoms with Crippen molar-refractivity contribution in [3.63, 3.8) is 0 Å². The molecule has 0 aromatic carbocycles. The summed E-state index contributed by atoms with van der Waals surface area (Å²) < 4.78 is 6.31. The Balaban J connectivity index is 4.12. The number of ether oxygens (including phenoxy) is 1. The van der Waals surface area contributed by atoms with Crippen LogP contribution >= 0.6 is 0 Å². The Bertz CT molecular complexity index is 238. The summed E-state index contributed by atoms with van der Waals surface area (Å²) in [7, 11) is 0. The van der Waals surface area contributed by atoms with E-state index in [4.69, 9.17) is 10.5 Å². The topological polar surface area (TPSA) is 35.2 Å². The second-order valence-electron chi connectivity index (χ2n) is 7.93. The lowest BCUT2D eigenvalue weighted by molar-refractivity contribution is -0.0949. The second kappa shape index (κ2) is 16.4. The van der Waals surface area contributed by atoms with Gasteiger partial charge in [0, 0.05) is 0 Å². The van der Waals surface area contributed by atoms with Crippen LogP contribution in [0, 0.1) is 0 Å². The number of hydrogen-bond donors (Lipinski definition) is 1. The van der Waals surface area contributed by atoms with E-state index in [1.165, 1.54) is 89.9 Å². The van der Waals surface area contributed by atoms with Crippen molar-refractivity contribution in [2.75, 3.05) is 0 Å². The molecule has 0 heterocycles. The van der Waals surface area contributed by atoms with Gasteiger partial charge >= 0.3 is 0 Å². The summed E-state index contributed by atoms with van der Waals surface area (Å²) in [5.74, 6) is 0. The molecule has 146 valence electrons. The molecule has 0 fully saturated rings. The molecular formula is C22H47NO. The lowest BCUT2D eigenvalue weighted by Gasteiger charge is -2.33. The number of nitrogens with two attached hydrogens (primary N) is 1. The summed E-state index contributed by atoms with van der Waals surface area (Å²) in [6.45, 7) is 9.05. The molecule has 0 bridgehead atoms. The Labute approximate surface area is 153 Å². The smallest absolute Gasteiger partial charge is 0.106 e. The molecule has 0 aromatic rings. The van der Waals surface area contributed by atoms with Crippen molar-refractivity contribution in [3.05, 3.63) is 0 Å². The van der Waals surface area contributed by atoms with Gasteiger partial charge in [0.05, 0.1) is 5.60 Å². The highest BCUT2D eigenvalue weighted by molar-refractivity contribution is 4.77. The number of hydrogen-bond acceptors (Lipinski definition) is 2. The minimum Gasteiger partial charge on any atom is -0.357 e. The van der Waals surface area contributed by atoms with E-state index in [-0.39, 0.29) is 11.8 Å². The molecule has 1 unspecified atom stereocenters. The Morgan fingerprint density at radius 3 is 1.50 bits per heavy atom. The van der Waals surface area contributed by atoms with Gasteiger partial charge in [-0.15, -0.1) is 0 Å². The van der Waals surface area contributed by atoms with E-state index >= 15 is 0 Å². The van der Waals surface area contributed by atoms with E-state index in [2.05, 4.69) is 27.7 Å². The first-order valence-corrected chi connectivity index (χ1v) is 11.0. The Kier molecular flexibility index (Phi) is 16.3. The Morgan fingerprint density at radius 2 is 1.08 bits per heavy atom. The van der Waals surface area contributed by atoms with Crippen LogP contribution in [0.4, 0.5) is 0 Å². The Hall–Kier alpha value is -0.0800. The average molecular weight is 342 g/mol. The van der Waals surface area contributed by atoms with Crippen LogP contribution in [0.1, 0.15) is 130 Å². The van der Waals surface area contributed by atoms with Crippen molar-refractivity contribution < 1.29 is 4.74 Å². The van der Waals surface area contributed by atoms with Gasteiger partial charge in [0.2, 0.25) is 0 Å². The molecule has 0 aliphatic heterocycles. The quantitative estimate of drug-likeness (QED) is 0.209. The molecule has 0 radical (unpaired) electrons. The zero-order chi connectivity index (χ0) is 18.1. The van der Waals surface area contributed by atoms with Gasteiger partial charge < -0.3 is 10.5 Å². The van der Waals surface area contributed by atoms with Crippen molar-refractivity contribution in [1.82, 2.24) is 0 Å². The third-order valence-electron chi connectivity index (χ3n) is 5.13. The molecule has 0 aliphatic carbocycles. The van der Waals surface area contributed by atoms with E-state index < -0.39 is 0 Å². The Morgan fingerprint density at radius 1 is 0.667 bits per heavy atom. The van der Waals surface area contributed by atoms with Crippen LogP contribution in [0.3, 0.4) is 0 Å². The lowest BCUT2D eigenvalue weighted by atomic mass is 9.91. The van der Waals surface area contributed by atoms with Gasteiger partial charge in [0.25, 0.3) is 0 Å². The fourth-order valence-electron chi connectivity index (χ4n) is 3.51. The van der Waals surface area contributed by atoms with Crippen molar-refractivity contribution in [2.45, 2.75) is 142 Å². The highest BCUT2D eigenvalue weighted by Crippen LogP contribution is 2.28. The maximum absolute atomic E-state index is 6.31. The molecule has 24 heavy (non-hydrogen) atoms. The molecule has 0 aromatic heterocycles. The molecule has 1 atom stereocenters. The highest BCUT2D eigenvalue weighted by Gasteiger charge is 2.26. The van der Waals surface area contributed by atoms with Crippen LogP contribution in [0.5, 0.6) is 0 Å². The van der Waals surface area contributed by atoms with Gasteiger partial charge in [-0.25, -0.2) is 0 Å². The maximum Gasteiger partial charge on any atom is 0.106 e. The van der Waals surface area contributed by atoms with E-state index in [0.717, 1.165) is 12.8 Å². The summed E-state index contributed by atoms with van der Waals surface area (Å²) in [6, 6.07) is 0. The van der Waals surface area contributed by atoms with Gasteiger partial charge in [-0.2, -0.15) is 0 Å². The molecule has 0 saturated carbocycles. The summed E-state index contributed by atoms with van der Waals surface area (Å²) in [4.78, 5) is 0. The fourth-order valence-corrected chi connectivity index (χ4v) is 3.51. The summed E-state index contributed by atoms with van der Waals surface area (Å²) in [5, 5.41) is 0. The minimum atomic E-state index is -0.0832. The van der Waals surface area contributed by atoms with Crippen LogP contribution < -0.4 is 5.73 Å². The zero-order valence-electron chi connectivity index (χ0n) is 17.4. The monoisotopic (exact) mass is 341 g/mol. The molecule has 2 N–H and O–H groups in total. The van der Waals surface area contributed by atoms with Crippen molar-refractivity contribution in [3.8, 4) is 0 Å². The molecular weight excluding hydrogens is 294 g/mol. The molecule has 0 rings (SSSR count). The molecule has 0 spiro atoms. The van der Waals surface area contributed by atoms with Crippen LogP contribution in [-0.2, 0) is 4.74 Å². The molecule has 0 amide bonds. The van der Waals surface area contributed by atoms with Gasteiger partial charge in [-0.05, 0) is 26.2 Å².